The molecule has 0 amide bonds. The predicted molar refractivity (Wildman–Crippen MR) is 103 cm³/mol. The molecule has 0 aliphatic heterocycles. The van der Waals surface area contributed by atoms with Crippen LogP contribution in [0.25, 0.3) is 11.4 Å². The summed E-state index contributed by atoms with van der Waals surface area (Å²) in [5.41, 5.74) is -1.55. The first kappa shape index (κ1) is 21.4. The van der Waals surface area contributed by atoms with Crippen molar-refractivity contribution in [1.82, 2.24) is 19.7 Å². The SMILES string of the molecule is CCNC(O)c1cnn(-c2ccc(-n3ccc(Cl)c(Cl)c3=O)cc2)c1C(F)(F)F. The lowest BCUT2D eigenvalue weighted by Gasteiger charge is -2.16. The predicted octanol–water partition coefficient (Wildman–Crippen LogP) is 3.95. The Bertz CT molecular complexity index is 1080. The lowest BCUT2D eigenvalue weighted by atomic mass is 10.2. The average molecular weight is 447 g/mol. The third-order valence-corrected chi connectivity index (χ3v) is 4.89. The molecular formula is C18H15Cl2F3N4O2. The van der Waals surface area contributed by atoms with E-state index >= 15 is 0 Å². The van der Waals surface area contributed by atoms with E-state index in [4.69, 9.17) is 23.2 Å². The summed E-state index contributed by atoms with van der Waals surface area (Å²) in [6.45, 7) is 1.93. The number of halogens is 5. The van der Waals surface area contributed by atoms with E-state index < -0.39 is 23.7 Å². The molecule has 2 N–H and O–H groups in total. The van der Waals surface area contributed by atoms with Crippen molar-refractivity contribution in [1.29, 1.82) is 0 Å². The third-order valence-electron chi connectivity index (χ3n) is 4.12. The Balaban J connectivity index is 2.05. The quantitative estimate of drug-likeness (QED) is 0.582. The number of aliphatic hydroxyl groups excluding tert-OH is 1. The van der Waals surface area contributed by atoms with Crippen molar-refractivity contribution < 1.29 is 18.3 Å². The maximum absolute atomic E-state index is 13.6. The van der Waals surface area contributed by atoms with Crippen LogP contribution < -0.4 is 10.9 Å². The Kier molecular flexibility index (Phi) is 6.04. The van der Waals surface area contributed by atoms with Crippen molar-refractivity contribution in [3.8, 4) is 11.4 Å². The van der Waals surface area contributed by atoms with Gasteiger partial charge in [0, 0.05) is 17.4 Å². The van der Waals surface area contributed by atoms with Gasteiger partial charge in [-0.25, -0.2) is 4.68 Å². The number of nitrogens with zero attached hydrogens (tertiary/aromatic N) is 3. The summed E-state index contributed by atoms with van der Waals surface area (Å²) in [6.07, 6.45) is -3.89. The van der Waals surface area contributed by atoms with Gasteiger partial charge in [-0.1, -0.05) is 30.1 Å². The van der Waals surface area contributed by atoms with E-state index in [-0.39, 0.29) is 27.8 Å². The van der Waals surface area contributed by atoms with Gasteiger partial charge in [0.05, 0.1) is 16.9 Å². The summed E-state index contributed by atoms with van der Waals surface area (Å²) in [7, 11) is 0. The van der Waals surface area contributed by atoms with E-state index in [9.17, 15) is 23.1 Å². The first-order valence-corrected chi connectivity index (χ1v) is 9.14. The number of alkyl halides is 3. The third kappa shape index (κ3) is 4.18. The zero-order valence-electron chi connectivity index (χ0n) is 14.9. The van der Waals surface area contributed by atoms with Crippen LogP contribution in [0.3, 0.4) is 0 Å². The summed E-state index contributed by atoms with van der Waals surface area (Å²) >= 11 is 11.7. The van der Waals surface area contributed by atoms with Crippen molar-refractivity contribution in [3.05, 3.63) is 74.4 Å². The fraction of sp³-hybridized carbons (Fsp3) is 0.222. The van der Waals surface area contributed by atoms with E-state index in [2.05, 4.69) is 10.4 Å². The Morgan fingerprint density at radius 1 is 1.17 bits per heavy atom. The highest BCUT2D eigenvalue weighted by Crippen LogP contribution is 2.35. The Hall–Kier alpha value is -2.33. The average Bonchev–Trinajstić information content (AvgIpc) is 3.12. The van der Waals surface area contributed by atoms with Crippen LogP contribution >= 0.6 is 23.2 Å². The fourth-order valence-electron chi connectivity index (χ4n) is 2.79. The smallest absolute Gasteiger partial charge is 0.374 e. The molecular weight excluding hydrogens is 432 g/mol. The molecule has 2 aromatic heterocycles. The summed E-state index contributed by atoms with van der Waals surface area (Å²) in [4.78, 5) is 12.2. The van der Waals surface area contributed by atoms with Gasteiger partial charge in [-0.2, -0.15) is 18.3 Å². The molecule has 0 fully saturated rings. The van der Waals surface area contributed by atoms with Gasteiger partial charge in [0.15, 0.2) is 5.69 Å². The largest absolute Gasteiger partial charge is 0.433 e. The van der Waals surface area contributed by atoms with Crippen LogP contribution in [0.15, 0.2) is 47.5 Å². The van der Waals surface area contributed by atoms with Crippen LogP contribution in [0, 0.1) is 0 Å². The number of benzene rings is 1. The molecule has 29 heavy (non-hydrogen) atoms. The van der Waals surface area contributed by atoms with Gasteiger partial charge < -0.3 is 5.11 Å². The molecule has 0 bridgehead atoms. The topological polar surface area (TPSA) is 72.1 Å². The van der Waals surface area contributed by atoms with Gasteiger partial charge >= 0.3 is 6.18 Å². The fourth-order valence-corrected chi connectivity index (χ4v) is 3.08. The number of nitrogens with one attached hydrogen (secondary N) is 1. The molecule has 0 aliphatic carbocycles. The lowest BCUT2D eigenvalue weighted by Crippen LogP contribution is -2.24. The normalized spacial score (nSPS) is 12.9. The second-order valence-electron chi connectivity index (χ2n) is 5.99. The standard InChI is InChI=1S/C18H15Cl2F3N4O2/c1-2-24-16(28)12-9-25-27(15(12)18(21,22)23)11-5-3-10(4-6-11)26-8-7-13(19)14(20)17(26)29/h3-9,16,24,28H,2H2,1H3. The van der Waals surface area contributed by atoms with Gasteiger partial charge in [-0.3, -0.25) is 14.7 Å². The molecule has 0 saturated heterocycles. The minimum absolute atomic E-state index is 0.0997. The molecule has 1 unspecified atom stereocenters. The minimum atomic E-state index is -4.75. The van der Waals surface area contributed by atoms with Crippen LogP contribution in [0.1, 0.15) is 24.4 Å². The molecule has 3 aromatic rings. The van der Waals surface area contributed by atoms with Crippen LogP contribution in [0.2, 0.25) is 10.0 Å². The number of hydrogen-bond donors (Lipinski definition) is 2. The molecule has 6 nitrogen and oxygen atoms in total. The highest BCUT2D eigenvalue weighted by Gasteiger charge is 2.40. The van der Waals surface area contributed by atoms with Crippen LogP contribution in [0.4, 0.5) is 13.2 Å². The highest BCUT2D eigenvalue weighted by atomic mass is 35.5. The molecule has 2 heterocycles. The summed E-state index contributed by atoms with van der Waals surface area (Å²) in [6, 6.07) is 7.07. The second kappa shape index (κ2) is 8.19. The first-order valence-electron chi connectivity index (χ1n) is 8.39. The molecule has 1 atom stereocenters. The Morgan fingerprint density at radius 2 is 1.79 bits per heavy atom. The Labute approximate surface area is 173 Å². The van der Waals surface area contributed by atoms with E-state index in [0.29, 0.717) is 10.4 Å². The van der Waals surface area contributed by atoms with E-state index in [1.54, 1.807) is 6.92 Å². The second-order valence-corrected chi connectivity index (χ2v) is 6.77. The van der Waals surface area contributed by atoms with Crippen molar-refractivity contribution >= 4 is 23.2 Å². The van der Waals surface area contributed by atoms with Gasteiger partial charge in [-0.05, 0) is 36.9 Å². The van der Waals surface area contributed by atoms with Gasteiger partial charge in [0.2, 0.25) is 0 Å². The molecule has 0 aliphatic rings. The lowest BCUT2D eigenvalue weighted by molar-refractivity contribution is -0.144. The number of hydrogen-bond acceptors (Lipinski definition) is 4. The molecule has 0 saturated carbocycles. The molecule has 0 radical (unpaired) electrons. The summed E-state index contributed by atoms with van der Waals surface area (Å²) in [5.74, 6) is 0. The van der Waals surface area contributed by atoms with Gasteiger partial charge in [-0.15, -0.1) is 0 Å². The minimum Gasteiger partial charge on any atom is -0.374 e. The van der Waals surface area contributed by atoms with Gasteiger partial charge in [0.25, 0.3) is 5.56 Å². The van der Waals surface area contributed by atoms with Crippen molar-refractivity contribution in [2.24, 2.45) is 0 Å². The van der Waals surface area contributed by atoms with Crippen LogP contribution in [-0.4, -0.2) is 26.0 Å². The van der Waals surface area contributed by atoms with Crippen LogP contribution in [-0.2, 0) is 6.18 Å². The van der Waals surface area contributed by atoms with E-state index in [1.807, 2.05) is 0 Å². The van der Waals surface area contributed by atoms with Crippen LogP contribution in [0.5, 0.6) is 0 Å². The van der Waals surface area contributed by atoms with E-state index in [1.165, 1.54) is 41.1 Å². The zero-order valence-corrected chi connectivity index (χ0v) is 16.4. The first-order chi connectivity index (χ1) is 13.6. The number of pyridine rings is 1. The molecule has 3 rings (SSSR count). The molecule has 1 aromatic carbocycles. The van der Waals surface area contributed by atoms with Gasteiger partial charge in [0.1, 0.15) is 11.3 Å². The maximum Gasteiger partial charge on any atom is 0.433 e. The van der Waals surface area contributed by atoms with E-state index in [0.717, 1.165) is 6.20 Å². The molecule has 0 spiro atoms. The summed E-state index contributed by atoms with van der Waals surface area (Å²) in [5, 5.41) is 16.2. The van der Waals surface area contributed by atoms with Crippen molar-refractivity contribution in [2.75, 3.05) is 6.54 Å². The van der Waals surface area contributed by atoms with Crippen molar-refractivity contribution in [3.63, 3.8) is 0 Å². The maximum atomic E-state index is 13.6. The highest BCUT2D eigenvalue weighted by molar-refractivity contribution is 6.41. The molecule has 154 valence electrons. The Morgan fingerprint density at radius 3 is 2.38 bits per heavy atom. The summed E-state index contributed by atoms with van der Waals surface area (Å²) < 4.78 is 42.8. The van der Waals surface area contributed by atoms with Crippen molar-refractivity contribution in [2.45, 2.75) is 19.3 Å². The monoisotopic (exact) mass is 446 g/mol. The number of aliphatic hydroxyl groups is 1. The number of rotatable bonds is 5. The zero-order chi connectivity index (χ0) is 21.3. The molecule has 11 heteroatoms. The number of aromatic nitrogens is 3.